The number of anilines is 1. The molecule has 0 unspecified atom stereocenters. The lowest BCUT2D eigenvalue weighted by Gasteiger charge is -2.08. The predicted molar refractivity (Wildman–Crippen MR) is 102 cm³/mol. The van der Waals surface area contributed by atoms with Crippen LogP contribution in [-0.2, 0) is 4.79 Å². The molecule has 8 heteroatoms. The number of amides is 1. The molecular weight excluding hydrogens is 362 g/mol. The second-order valence-electron chi connectivity index (χ2n) is 5.48. The number of carboxylic acids is 1. The number of hydrogen-bond acceptors (Lipinski definition) is 6. The highest BCUT2D eigenvalue weighted by molar-refractivity contribution is 6.06. The zero-order valence-electron chi connectivity index (χ0n) is 15.1. The number of benzene rings is 2. The lowest BCUT2D eigenvalue weighted by atomic mass is 10.2. The summed E-state index contributed by atoms with van der Waals surface area (Å²) in [6, 6.07) is 14.6. The van der Waals surface area contributed by atoms with Crippen molar-refractivity contribution in [2.45, 2.75) is 0 Å². The molecule has 0 fully saturated rings. The molecule has 3 N–H and O–H groups in total. The number of nitriles is 1. The minimum absolute atomic E-state index is 0.104. The van der Waals surface area contributed by atoms with E-state index in [1.54, 1.807) is 31.4 Å². The molecular formula is C20H19N3O5. The molecule has 2 rings (SSSR count). The maximum Gasteiger partial charge on any atom is 0.335 e. The van der Waals surface area contributed by atoms with E-state index < -0.39 is 11.9 Å². The van der Waals surface area contributed by atoms with Crippen molar-refractivity contribution in [2.75, 3.05) is 25.6 Å². The number of nitrogens with zero attached hydrogens (tertiary/aromatic N) is 1. The third-order valence-electron chi connectivity index (χ3n) is 3.58. The third-order valence-corrected chi connectivity index (χ3v) is 3.58. The molecule has 0 heterocycles. The van der Waals surface area contributed by atoms with E-state index in [2.05, 4.69) is 10.6 Å². The van der Waals surface area contributed by atoms with Crippen LogP contribution in [0.3, 0.4) is 0 Å². The Morgan fingerprint density at radius 1 is 1.11 bits per heavy atom. The fraction of sp³-hybridized carbons (Fsp3) is 0.150. The first-order valence-corrected chi connectivity index (χ1v) is 8.28. The standard InChI is InChI=1S/C20H19N3O5/c1-27-17-6-8-18(9-7-17)28-11-10-22-13-15(12-21)19(24)23-16-4-2-14(3-5-16)20(25)26/h2-9,13,22H,10-11H2,1H3,(H,23,24)(H,25,26)/b15-13-. The predicted octanol–water partition coefficient (Wildman–Crippen LogP) is 2.41. The first-order valence-electron chi connectivity index (χ1n) is 8.28. The number of hydrogen-bond donors (Lipinski definition) is 3. The Morgan fingerprint density at radius 3 is 2.32 bits per heavy atom. The van der Waals surface area contributed by atoms with Crippen molar-refractivity contribution in [3.8, 4) is 17.6 Å². The monoisotopic (exact) mass is 381 g/mol. The molecule has 0 aromatic heterocycles. The van der Waals surface area contributed by atoms with Crippen LogP contribution in [0.5, 0.6) is 11.5 Å². The fourth-order valence-corrected chi connectivity index (χ4v) is 2.12. The molecule has 0 aliphatic rings. The molecule has 0 saturated carbocycles. The Labute approximate surface area is 162 Å². The van der Waals surface area contributed by atoms with Gasteiger partial charge in [0.25, 0.3) is 5.91 Å². The smallest absolute Gasteiger partial charge is 0.335 e. The highest BCUT2D eigenvalue weighted by atomic mass is 16.5. The topological polar surface area (TPSA) is 121 Å². The number of carboxylic acid groups (broad SMARTS) is 1. The summed E-state index contributed by atoms with van der Waals surface area (Å²) < 4.78 is 10.6. The Balaban J connectivity index is 1.80. The van der Waals surface area contributed by atoms with Gasteiger partial charge in [-0.05, 0) is 48.5 Å². The zero-order chi connectivity index (χ0) is 20.4. The minimum atomic E-state index is -1.06. The van der Waals surface area contributed by atoms with E-state index in [4.69, 9.17) is 19.8 Å². The van der Waals surface area contributed by atoms with Crippen molar-refractivity contribution in [2.24, 2.45) is 0 Å². The van der Waals surface area contributed by atoms with Gasteiger partial charge in [-0.15, -0.1) is 0 Å². The van der Waals surface area contributed by atoms with Gasteiger partial charge in [-0.2, -0.15) is 5.26 Å². The summed E-state index contributed by atoms with van der Waals surface area (Å²) in [5, 5.41) is 23.4. The van der Waals surface area contributed by atoms with Crippen molar-refractivity contribution in [3.63, 3.8) is 0 Å². The Bertz CT molecular complexity index is 884. The molecule has 0 radical (unpaired) electrons. The number of carbonyl (C=O) groups is 2. The maximum absolute atomic E-state index is 12.1. The number of nitrogens with one attached hydrogen (secondary N) is 2. The molecule has 144 valence electrons. The van der Waals surface area contributed by atoms with E-state index in [-0.39, 0.29) is 11.1 Å². The van der Waals surface area contributed by atoms with E-state index in [1.807, 2.05) is 6.07 Å². The summed E-state index contributed by atoms with van der Waals surface area (Å²) in [5.41, 5.74) is 0.373. The van der Waals surface area contributed by atoms with Gasteiger partial charge in [0, 0.05) is 18.4 Å². The zero-order valence-corrected chi connectivity index (χ0v) is 15.1. The molecule has 0 bridgehead atoms. The first-order chi connectivity index (χ1) is 13.5. The van der Waals surface area contributed by atoms with Crippen LogP contribution in [0.4, 0.5) is 5.69 Å². The number of ether oxygens (including phenoxy) is 2. The Morgan fingerprint density at radius 2 is 1.75 bits per heavy atom. The van der Waals surface area contributed by atoms with E-state index >= 15 is 0 Å². The van der Waals surface area contributed by atoms with Crippen LogP contribution in [-0.4, -0.2) is 37.2 Å². The molecule has 1 amide bonds. The second-order valence-corrected chi connectivity index (χ2v) is 5.48. The molecule has 0 saturated heterocycles. The van der Waals surface area contributed by atoms with Gasteiger partial charge in [-0.3, -0.25) is 4.79 Å². The molecule has 28 heavy (non-hydrogen) atoms. The van der Waals surface area contributed by atoms with Crippen molar-refractivity contribution < 1.29 is 24.2 Å². The van der Waals surface area contributed by atoms with E-state index in [0.29, 0.717) is 24.6 Å². The summed E-state index contributed by atoms with van der Waals surface area (Å²) in [4.78, 5) is 22.9. The van der Waals surface area contributed by atoms with Crippen LogP contribution in [0.2, 0.25) is 0 Å². The van der Waals surface area contributed by atoms with Gasteiger partial charge < -0.3 is 25.2 Å². The van der Waals surface area contributed by atoms with Gasteiger partial charge in [0.15, 0.2) is 0 Å². The Hall–Kier alpha value is -3.99. The van der Waals surface area contributed by atoms with E-state index in [9.17, 15) is 9.59 Å². The van der Waals surface area contributed by atoms with Crippen LogP contribution in [0.1, 0.15) is 10.4 Å². The van der Waals surface area contributed by atoms with Gasteiger partial charge in [0.2, 0.25) is 0 Å². The lowest BCUT2D eigenvalue weighted by molar-refractivity contribution is -0.112. The molecule has 0 spiro atoms. The molecule has 0 atom stereocenters. The van der Waals surface area contributed by atoms with Crippen molar-refractivity contribution in [3.05, 3.63) is 65.9 Å². The van der Waals surface area contributed by atoms with Crippen LogP contribution in [0.15, 0.2) is 60.3 Å². The largest absolute Gasteiger partial charge is 0.497 e. The average molecular weight is 381 g/mol. The number of aromatic carboxylic acids is 1. The summed E-state index contributed by atoms with van der Waals surface area (Å²) in [6.45, 7) is 0.720. The molecule has 8 nitrogen and oxygen atoms in total. The van der Waals surface area contributed by atoms with Crippen LogP contribution < -0.4 is 20.1 Å². The highest BCUT2D eigenvalue weighted by Crippen LogP contribution is 2.16. The van der Waals surface area contributed by atoms with Gasteiger partial charge in [-0.25, -0.2) is 4.79 Å². The van der Waals surface area contributed by atoms with Crippen LogP contribution in [0, 0.1) is 11.3 Å². The summed E-state index contributed by atoms with van der Waals surface area (Å²) >= 11 is 0. The van der Waals surface area contributed by atoms with E-state index in [1.165, 1.54) is 30.5 Å². The normalized spacial score (nSPS) is 10.5. The summed E-state index contributed by atoms with van der Waals surface area (Å²) in [5.74, 6) is -0.254. The van der Waals surface area contributed by atoms with Gasteiger partial charge >= 0.3 is 5.97 Å². The molecule has 2 aromatic rings. The average Bonchev–Trinajstić information content (AvgIpc) is 2.71. The van der Waals surface area contributed by atoms with Gasteiger partial charge in [-0.1, -0.05) is 0 Å². The summed E-state index contributed by atoms with van der Waals surface area (Å²) in [7, 11) is 1.58. The van der Waals surface area contributed by atoms with Crippen molar-refractivity contribution in [1.29, 1.82) is 5.26 Å². The van der Waals surface area contributed by atoms with Crippen LogP contribution >= 0.6 is 0 Å². The minimum Gasteiger partial charge on any atom is -0.497 e. The lowest BCUT2D eigenvalue weighted by Crippen LogP contribution is -2.20. The van der Waals surface area contributed by atoms with Gasteiger partial charge in [0.05, 0.1) is 12.7 Å². The number of methoxy groups -OCH3 is 1. The van der Waals surface area contributed by atoms with Gasteiger partial charge in [0.1, 0.15) is 29.7 Å². The third kappa shape index (κ3) is 6.07. The number of carbonyl (C=O) groups excluding carboxylic acids is 1. The molecule has 2 aromatic carbocycles. The SMILES string of the molecule is COc1ccc(OCCN/C=C(/C#N)C(=O)Nc2ccc(C(=O)O)cc2)cc1. The van der Waals surface area contributed by atoms with Crippen LogP contribution in [0.25, 0.3) is 0 Å². The molecule has 0 aliphatic carbocycles. The fourth-order valence-electron chi connectivity index (χ4n) is 2.12. The maximum atomic E-state index is 12.1. The second kappa shape index (κ2) is 10.2. The summed E-state index contributed by atoms with van der Waals surface area (Å²) in [6.07, 6.45) is 1.30. The number of rotatable bonds is 9. The van der Waals surface area contributed by atoms with Crippen molar-refractivity contribution >= 4 is 17.6 Å². The van der Waals surface area contributed by atoms with E-state index in [0.717, 1.165) is 5.75 Å². The quantitative estimate of drug-likeness (QED) is 0.346. The first kappa shape index (κ1) is 20.3. The Kier molecular flexibility index (Phi) is 7.43. The molecule has 0 aliphatic heterocycles. The highest BCUT2D eigenvalue weighted by Gasteiger charge is 2.10. The van der Waals surface area contributed by atoms with Crippen molar-refractivity contribution in [1.82, 2.24) is 5.32 Å².